The van der Waals surface area contributed by atoms with Gasteiger partial charge in [-0.25, -0.2) is 0 Å². The quantitative estimate of drug-likeness (QED) is 0.310. The molecule has 0 aromatic heterocycles. The maximum absolute atomic E-state index is 5.48. The minimum atomic E-state index is 0.661. The van der Waals surface area contributed by atoms with Crippen LogP contribution >= 0.6 is 0 Å². The first-order valence-electron chi connectivity index (χ1n) is 7.95. The zero-order valence-electron chi connectivity index (χ0n) is 13.5. The minimum absolute atomic E-state index is 0.661. The molecule has 0 amide bonds. The maximum Gasteiger partial charge on any atom is 0.191 e. The number of hydrogen-bond donors (Lipinski definition) is 2. The van der Waals surface area contributed by atoms with Gasteiger partial charge in [0.1, 0.15) is 0 Å². The summed E-state index contributed by atoms with van der Waals surface area (Å²) >= 11 is 0. The van der Waals surface area contributed by atoms with Crippen molar-refractivity contribution in [1.29, 1.82) is 0 Å². The molecule has 0 unspecified atom stereocenters. The lowest BCUT2D eigenvalue weighted by molar-refractivity contribution is 0.0487. The standard InChI is InChI=1S/C15H33N3O2/c1-4-6-8-9-17-15(16-3)18-10-12-20-14-13-19-11-7-5-2/h4-14H2,1-3H3,(H2,16,17,18). The first-order chi connectivity index (χ1) is 9.85. The lowest BCUT2D eigenvalue weighted by atomic mass is 10.2. The summed E-state index contributed by atoms with van der Waals surface area (Å²) in [6.45, 7) is 8.96. The molecule has 2 N–H and O–H groups in total. The van der Waals surface area contributed by atoms with Gasteiger partial charge in [-0.3, -0.25) is 4.99 Å². The van der Waals surface area contributed by atoms with Crippen LogP contribution in [0, 0.1) is 0 Å². The van der Waals surface area contributed by atoms with Gasteiger partial charge in [0.2, 0.25) is 0 Å². The molecule has 120 valence electrons. The Morgan fingerprint density at radius 1 is 0.800 bits per heavy atom. The first kappa shape index (κ1) is 19.2. The lowest BCUT2D eigenvalue weighted by Gasteiger charge is -2.12. The summed E-state index contributed by atoms with van der Waals surface area (Å²) in [7, 11) is 1.79. The van der Waals surface area contributed by atoms with Crippen molar-refractivity contribution < 1.29 is 9.47 Å². The molecule has 0 rings (SSSR count). The summed E-state index contributed by atoms with van der Waals surface area (Å²) in [6, 6.07) is 0. The molecule has 0 bridgehead atoms. The maximum atomic E-state index is 5.48. The van der Waals surface area contributed by atoms with Gasteiger partial charge in [-0.05, 0) is 12.8 Å². The second-order valence-corrected chi connectivity index (χ2v) is 4.71. The van der Waals surface area contributed by atoms with Crippen molar-refractivity contribution >= 4 is 5.96 Å². The highest BCUT2D eigenvalue weighted by Gasteiger charge is 1.96. The van der Waals surface area contributed by atoms with Crippen LogP contribution < -0.4 is 10.6 Å². The van der Waals surface area contributed by atoms with Gasteiger partial charge in [-0.15, -0.1) is 0 Å². The predicted octanol–water partition coefficient (Wildman–Crippen LogP) is 2.17. The fourth-order valence-electron chi connectivity index (χ4n) is 1.61. The molecule has 0 heterocycles. The number of ether oxygens (including phenoxy) is 2. The van der Waals surface area contributed by atoms with Crippen LogP contribution in [-0.2, 0) is 9.47 Å². The van der Waals surface area contributed by atoms with E-state index in [4.69, 9.17) is 9.47 Å². The topological polar surface area (TPSA) is 54.9 Å². The number of unbranched alkanes of at least 4 members (excludes halogenated alkanes) is 3. The molecular formula is C15H33N3O2. The third kappa shape index (κ3) is 13.6. The van der Waals surface area contributed by atoms with E-state index in [1.54, 1.807) is 7.05 Å². The Labute approximate surface area is 124 Å². The Kier molecular flexibility index (Phi) is 15.6. The average Bonchev–Trinajstić information content (AvgIpc) is 2.47. The Balaban J connectivity index is 3.30. The molecule has 0 radical (unpaired) electrons. The number of rotatable bonds is 13. The van der Waals surface area contributed by atoms with E-state index >= 15 is 0 Å². The van der Waals surface area contributed by atoms with Gasteiger partial charge in [-0.1, -0.05) is 33.1 Å². The average molecular weight is 287 g/mol. The summed E-state index contributed by atoms with van der Waals surface area (Å²) in [4.78, 5) is 4.17. The van der Waals surface area contributed by atoms with Crippen LogP contribution in [0.3, 0.4) is 0 Å². The number of nitrogens with zero attached hydrogens (tertiary/aromatic N) is 1. The van der Waals surface area contributed by atoms with Gasteiger partial charge in [0.25, 0.3) is 0 Å². The van der Waals surface area contributed by atoms with Crippen molar-refractivity contribution in [1.82, 2.24) is 10.6 Å². The molecule has 5 nitrogen and oxygen atoms in total. The molecule has 0 saturated carbocycles. The summed E-state index contributed by atoms with van der Waals surface area (Å²) in [5, 5.41) is 6.52. The van der Waals surface area contributed by atoms with Gasteiger partial charge < -0.3 is 20.1 Å². The third-order valence-corrected chi connectivity index (χ3v) is 2.85. The Morgan fingerprint density at radius 2 is 1.45 bits per heavy atom. The normalized spacial score (nSPS) is 11.7. The molecule has 0 spiro atoms. The van der Waals surface area contributed by atoms with Gasteiger partial charge >= 0.3 is 0 Å². The molecule has 5 heteroatoms. The summed E-state index contributed by atoms with van der Waals surface area (Å²) in [6.07, 6.45) is 5.98. The lowest BCUT2D eigenvalue weighted by Crippen LogP contribution is -2.39. The van der Waals surface area contributed by atoms with Crippen LogP contribution in [0.2, 0.25) is 0 Å². The Bertz CT molecular complexity index is 223. The number of guanidine groups is 1. The fraction of sp³-hybridized carbons (Fsp3) is 0.933. The zero-order chi connectivity index (χ0) is 14.9. The highest BCUT2D eigenvalue weighted by molar-refractivity contribution is 5.79. The van der Waals surface area contributed by atoms with Gasteiger partial charge in [0, 0.05) is 26.7 Å². The van der Waals surface area contributed by atoms with Crippen molar-refractivity contribution in [2.45, 2.75) is 46.0 Å². The van der Waals surface area contributed by atoms with Gasteiger partial charge in [0.15, 0.2) is 5.96 Å². The fourth-order valence-corrected chi connectivity index (χ4v) is 1.61. The number of nitrogens with one attached hydrogen (secondary N) is 2. The summed E-state index contributed by atoms with van der Waals surface area (Å²) in [5.41, 5.74) is 0. The number of aliphatic imine (C=N–C) groups is 1. The van der Waals surface area contributed by atoms with Crippen molar-refractivity contribution in [3.8, 4) is 0 Å². The van der Waals surface area contributed by atoms with Crippen LogP contribution in [0.5, 0.6) is 0 Å². The second-order valence-electron chi connectivity index (χ2n) is 4.71. The van der Waals surface area contributed by atoms with Crippen LogP contribution in [0.1, 0.15) is 46.0 Å². The van der Waals surface area contributed by atoms with Crippen LogP contribution in [-0.4, -0.2) is 52.5 Å². The Morgan fingerprint density at radius 3 is 2.10 bits per heavy atom. The highest BCUT2D eigenvalue weighted by Crippen LogP contribution is 1.90. The molecular weight excluding hydrogens is 254 g/mol. The molecule has 0 saturated heterocycles. The molecule has 0 aromatic carbocycles. The zero-order valence-corrected chi connectivity index (χ0v) is 13.5. The second kappa shape index (κ2) is 16.2. The van der Waals surface area contributed by atoms with E-state index in [-0.39, 0.29) is 0 Å². The van der Waals surface area contributed by atoms with Crippen molar-refractivity contribution in [3.63, 3.8) is 0 Å². The molecule has 0 fully saturated rings. The smallest absolute Gasteiger partial charge is 0.191 e. The van der Waals surface area contributed by atoms with Gasteiger partial charge in [-0.2, -0.15) is 0 Å². The van der Waals surface area contributed by atoms with E-state index in [1.165, 1.54) is 25.7 Å². The van der Waals surface area contributed by atoms with E-state index < -0.39 is 0 Å². The summed E-state index contributed by atoms with van der Waals surface area (Å²) < 4.78 is 10.9. The van der Waals surface area contributed by atoms with Crippen LogP contribution in [0.15, 0.2) is 4.99 Å². The van der Waals surface area contributed by atoms with Crippen molar-refractivity contribution in [2.24, 2.45) is 4.99 Å². The van der Waals surface area contributed by atoms with Crippen LogP contribution in [0.25, 0.3) is 0 Å². The Hall–Kier alpha value is -0.810. The van der Waals surface area contributed by atoms with E-state index in [0.29, 0.717) is 19.8 Å². The molecule has 0 aliphatic rings. The van der Waals surface area contributed by atoms with E-state index in [9.17, 15) is 0 Å². The first-order valence-corrected chi connectivity index (χ1v) is 7.95. The van der Waals surface area contributed by atoms with Crippen molar-refractivity contribution in [3.05, 3.63) is 0 Å². The van der Waals surface area contributed by atoms with Crippen molar-refractivity contribution in [2.75, 3.05) is 46.6 Å². The summed E-state index contributed by atoms with van der Waals surface area (Å²) in [5.74, 6) is 0.851. The van der Waals surface area contributed by atoms with Gasteiger partial charge in [0.05, 0.1) is 19.8 Å². The molecule has 0 aliphatic heterocycles. The minimum Gasteiger partial charge on any atom is -0.379 e. The van der Waals surface area contributed by atoms with E-state index in [0.717, 1.165) is 32.1 Å². The third-order valence-electron chi connectivity index (χ3n) is 2.85. The SMILES string of the molecule is CCCCCNC(=NC)NCCOCCOCCCC. The molecule has 20 heavy (non-hydrogen) atoms. The van der Waals surface area contributed by atoms with Crippen LogP contribution in [0.4, 0.5) is 0 Å². The predicted molar refractivity (Wildman–Crippen MR) is 85.4 cm³/mol. The monoisotopic (exact) mass is 287 g/mol. The number of hydrogen-bond acceptors (Lipinski definition) is 3. The molecule has 0 aromatic rings. The van der Waals surface area contributed by atoms with E-state index in [1.807, 2.05) is 0 Å². The largest absolute Gasteiger partial charge is 0.379 e. The highest BCUT2D eigenvalue weighted by atomic mass is 16.5. The molecule has 0 aliphatic carbocycles. The van der Waals surface area contributed by atoms with E-state index in [2.05, 4.69) is 29.5 Å². The molecule has 0 atom stereocenters.